The summed E-state index contributed by atoms with van der Waals surface area (Å²) in [4.78, 5) is 4.65. The number of rotatable bonds is 5. The van der Waals surface area contributed by atoms with Crippen LogP contribution in [0.5, 0.6) is 11.6 Å². The van der Waals surface area contributed by atoms with Gasteiger partial charge in [-0.25, -0.2) is 4.98 Å². The van der Waals surface area contributed by atoms with E-state index in [2.05, 4.69) is 57.0 Å². The lowest BCUT2D eigenvalue weighted by Gasteiger charge is -2.13. The van der Waals surface area contributed by atoms with Crippen LogP contribution < -0.4 is 9.47 Å². The van der Waals surface area contributed by atoms with Crippen LogP contribution in [0, 0.1) is 6.92 Å². The molecule has 0 aliphatic carbocycles. The molecule has 0 radical (unpaired) electrons. The molecule has 0 amide bonds. The minimum Gasteiger partial charge on any atom is -0.495 e. The van der Waals surface area contributed by atoms with Crippen LogP contribution in [0.1, 0.15) is 16.8 Å². The van der Waals surface area contributed by atoms with Gasteiger partial charge in [0.25, 0.3) is 0 Å². The van der Waals surface area contributed by atoms with Crippen molar-refractivity contribution in [3.8, 4) is 17.3 Å². The van der Waals surface area contributed by atoms with Crippen molar-refractivity contribution in [1.29, 1.82) is 0 Å². The lowest BCUT2D eigenvalue weighted by atomic mass is 10.0. The summed E-state index contributed by atoms with van der Waals surface area (Å²) in [6.07, 6.45) is 2.51. The molecule has 6 nitrogen and oxygen atoms in total. The quantitative estimate of drug-likeness (QED) is 0.413. The molecule has 5 aromatic rings. The first-order chi connectivity index (χ1) is 15.2. The van der Waals surface area contributed by atoms with Gasteiger partial charge in [-0.05, 0) is 42.3 Å². The first kappa shape index (κ1) is 19.1. The van der Waals surface area contributed by atoms with Crippen molar-refractivity contribution in [3.05, 3.63) is 83.8 Å². The third kappa shape index (κ3) is 3.26. The second-order valence-corrected chi connectivity index (χ2v) is 7.44. The molecule has 0 atom stereocenters. The summed E-state index contributed by atoms with van der Waals surface area (Å²) >= 11 is 0. The summed E-state index contributed by atoms with van der Waals surface area (Å²) in [5.74, 6) is 1.36. The van der Waals surface area contributed by atoms with Gasteiger partial charge >= 0.3 is 0 Å². The third-order valence-electron chi connectivity index (χ3n) is 5.57. The summed E-state index contributed by atoms with van der Waals surface area (Å²) in [6, 6.07) is 20.4. The highest BCUT2D eigenvalue weighted by Gasteiger charge is 2.14. The molecule has 0 N–H and O–H groups in total. The Morgan fingerprint density at radius 2 is 1.71 bits per heavy atom. The van der Waals surface area contributed by atoms with Gasteiger partial charge in [0.2, 0.25) is 5.88 Å². The molecule has 0 saturated heterocycles. The molecule has 0 saturated carbocycles. The van der Waals surface area contributed by atoms with Gasteiger partial charge in [-0.3, -0.25) is 4.57 Å². The third-order valence-corrected chi connectivity index (χ3v) is 5.57. The van der Waals surface area contributed by atoms with Crippen molar-refractivity contribution in [2.75, 3.05) is 14.2 Å². The molecule has 154 valence electrons. The Bertz CT molecular complexity index is 1410. The van der Waals surface area contributed by atoms with Crippen LogP contribution in [-0.4, -0.2) is 34.0 Å². The Kier molecular flexibility index (Phi) is 4.75. The number of para-hydroxylation sites is 1. The molecular weight excluding hydrogens is 388 g/mol. The van der Waals surface area contributed by atoms with Crippen LogP contribution in [0.15, 0.2) is 67.0 Å². The number of imidazole rings is 1. The number of fused-ring (bicyclic) bond motifs is 2. The van der Waals surface area contributed by atoms with Gasteiger partial charge in [-0.2, -0.15) is 5.10 Å². The largest absolute Gasteiger partial charge is 0.495 e. The van der Waals surface area contributed by atoms with Crippen LogP contribution in [0.4, 0.5) is 0 Å². The molecule has 6 heteroatoms. The molecular formula is C25H22N4O2. The number of hydrogen-bond donors (Lipinski definition) is 0. The van der Waals surface area contributed by atoms with E-state index in [0.29, 0.717) is 12.3 Å². The molecule has 0 aliphatic rings. The number of aryl methyl sites for hydroxylation is 1. The summed E-state index contributed by atoms with van der Waals surface area (Å²) in [6.45, 7) is 2.07. The van der Waals surface area contributed by atoms with Gasteiger partial charge in [-0.15, -0.1) is 5.10 Å². The van der Waals surface area contributed by atoms with Gasteiger partial charge < -0.3 is 9.47 Å². The van der Waals surface area contributed by atoms with E-state index in [-0.39, 0.29) is 0 Å². The number of hydrogen-bond acceptors (Lipinski definition) is 5. The van der Waals surface area contributed by atoms with E-state index >= 15 is 0 Å². The molecule has 2 aromatic heterocycles. The molecule has 3 aromatic carbocycles. The van der Waals surface area contributed by atoms with Crippen LogP contribution in [0.2, 0.25) is 0 Å². The van der Waals surface area contributed by atoms with E-state index < -0.39 is 0 Å². The van der Waals surface area contributed by atoms with Gasteiger partial charge in [0.15, 0.2) is 0 Å². The minimum atomic E-state index is 0.542. The van der Waals surface area contributed by atoms with E-state index in [9.17, 15) is 0 Å². The monoisotopic (exact) mass is 410 g/mol. The van der Waals surface area contributed by atoms with Crippen molar-refractivity contribution in [3.63, 3.8) is 0 Å². The Morgan fingerprint density at radius 1 is 0.871 bits per heavy atom. The van der Waals surface area contributed by atoms with Gasteiger partial charge in [0.05, 0.1) is 36.6 Å². The molecule has 0 aliphatic heterocycles. The fourth-order valence-electron chi connectivity index (χ4n) is 4.06. The Hall–Kier alpha value is -3.93. The number of benzene rings is 3. The number of ether oxygens (including phenoxy) is 2. The molecule has 0 bridgehead atoms. The smallest absolute Gasteiger partial charge is 0.241 e. The molecule has 0 unspecified atom stereocenters. The van der Waals surface area contributed by atoms with Crippen LogP contribution in [-0.2, 0) is 6.42 Å². The Labute approximate surface area is 180 Å². The molecule has 0 fully saturated rings. The zero-order valence-corrected chi connectivity index (χ0v) is 17.7. The average molecular weight is 410 g/mol. The topological polar surface area (TPSA) is 62.1 Å². The second-order valence-electron chi connectivity index (χ2n) is 7.44. The lowest BCUT2D eigenvalue weighted by Crippen LogP contribution is -2.00. The highest BCUT2D eigenvalue weighted by atomic mass is 16.5. The maximum Gasteiger partial charge on any atom is 0.241 e. The second kappa shape index (κ2) is 7.72. The van der Waals surface area contributed by atoms with E-state index in [1.54, 1.807) is 14.2 Å². The zero-order chi connectivity index (χ0) is 21.4. The highest BCUT2D eigenvalue weighted by Crippen LogP contribution is 2.30. The molecule has 31 heavy (non-hydrogen) atoms. The van der Waals surface area contributed by atoms with E-state index in [1.807, 2.05) is 36.7 Å². The van der Waals surface area contributed by atoms with E-state index in [1.165, 1.54) is 0 Å². The van der Waals surface area contributed by atoms with Crippen LogP contribution in [0.25, 0.3) is 27.5 Å². The minimum absolute atomic E-state index is 0.542. The predicted octanol–water partition coefficient (Wildman–Crippen LogP) is 4.89. The average Bonchev–Trinajstić information content (AvgIpc) is 3.22. The van der Waals surface area contributed by atoms with Crippen molar-refractivity contribution in [2.45, 2.75) is 13.3 Å². The summed E-state index contributed by atoms with van der Waals surface area (Å²) < 4.78 is 13.0. The predicted molar refractivity (Wildman–Crippen MR) is 121 cm³/mol. The maximum absolute atomic E-state index is 5.59. The van der Waals surface area contributed by atoms with Gasteiger partial charge in [0.1, 0.15) is 12.1 Å². The first-order valence-corrected chi connectivity index (χ1v) is 10.1. The number of aromatic nitrogens is 4. The number of nitrogens with zero attached hydrogens (tertiary/aromatic N) is 4. The summed E-state index contributed by atoms with van der Waals surface area (Å²) in [5.41, 5.74) is 6.13. The fourth-order valence-corrected chi connectivity index (χ4v) is 4.06. The van der Waals surface area contributed by atoms with Crippen LogP contribution in [0.3, 0.4) is 0 Å². The molecule has 2 heterocycles. The normalized spacial score (nSPS) is 11.2. The van der Waals surface area contributed by atoms with Gasteiger partial charge in [0, 0.05) is 17.2 Å². The molecule has 5 rings (SSSR count). The van der Waals surface area contributed by atoms with Crippen molar-refractivity contribution in [2.24, 2.45) is 0 Å². The lowest BCUT2D eigenvalue weighted by molar-refractivity contribution is 0.397. The van der Waals surface area contributed by atoms with Crippen molar-refractivity contribution >= 4 is 21.8 Å². The zero-order valence-electron chi connectivity index (χ0n) is 17.7. The van der Waals surface area contributed by atoms with Crippen molar-refractivity contribution in [1.82, 2.24) is 19.7 Å². The maximum atomic E-state index is 5.59. The Balaban J connectivity index is 1.56. The summed E-state index contributed by atoms with van der Waals surface area (Å²) in [7, 11) is 3.31. The number of methoxy groups -OCH3 is 2. The SMILES string of the molecule is COc1cccc(C)c1-n1cnc2cc(Cc3nnc(OC)c4ccccc34)ccc21. The summed E-state index contributed by atoms with van der Waals surface area (Å²) in [5, 5.41) is 10.7. The highest BCUT2D eigenvalue weighted by molar-refractivity contribution is 5.88. The standard InChI is InChI=1S/C25H22N4O2/c1-16-7-6-10-23(30-2)24(16)29-15-26-21-14-17(11-12-22(21)29)13-20-18-8-4-5-9-19(18)25(31-3)28-27-20/h4-12,14-15H,13H2,1-3H3. The Morgan fingerprint density at radius 3 is 2.52 bits per heavy atom. The van der Waals surface area contributed by atoms with Crippen molar-refractivity contribution < 1.29 is 9.47 Å². The van der Waals surface area contributed by atoms with Gasteiger partial charge in [-0.1, -0.05) is 36.4 Å². The molecule has 0 spiro atoms. The van der Waals surface area contributed by atoms with E-state index in [0.717, 1.165) is 50.1 Å². The van der Waals surface area contributed by atoms with Crippen LogP contribution >= 0.6 is 0 Å². The fraction of sp³-hybridized carbons (Fsp3) is 0.160. The van der Waals surface area contributed by atoms with E-state index in [4.69, 9.17) is 9.47 Å². The first-order valence-electron chi connectivity index (χ1n) is 10.1.